The van der Waals surface area contributed by atoms with Gasteiger partial charge in [0.05, 0.1) is 17.6 Å². The largest absolute Gasteiger partial charge is 0.343 e. The number of hydrogen-bond acceptors (Lipinski definition) is 4. The topological polar surface area (TPSA) is 88.0 Å². The number of imidazole rings is 2. The van der Waals surface area contributed by atoms with E-state index in [-0.39, 0.29) is 5.91 Å². The van der Waals surface area contributed by atoms with Crippen LogP contribution in [0, 0.1) is 0 Å². The quantitative estimate of drug-likeness (QED) is 0.599. The van der Waals surface area contributed by atoms with Crippen LogP contribution in [0.2, 0.25) is 0 Å². The van der Waals surface area contributed by atoms with Crippen LogP contribution in [-0.4, -0.2) is 30.5 Å². The first-order valence-electron chi connectivity index (χ1n) is 6.82. The maximum Gasteiger partial charge on any atom is 0.272 e. The molecule has 1 amide bonds. The molecule has 0 radical (unpaired) electrons. The lowest BCUT2D eigenvalue weighted by Gasteiger charge is -2.02. The second-order valence-electron chi connectivity index (χ2n) is 4.83. The molecular formula is C15H12N6O. The number of H-pyrrole nitrogens is 1. The zero-order chi connectivity index (χ0) is 14.9. The van der Waals surface area contributed by atoms with Crippen LogP contribution in [0.4, 0.5) is 0 Å². The van der Waals surface area contributed by atoms with Gasteiger partial charge in [-0.1, -0.05) is 12.1 Å². The number of carbonyl (C=O) groups excluding carboxylic acids is 1. The van der Waals surface area contributed by atoms with Gasteiger partial charge in [-0.15, -0.1) is 0 Å². The third-order valence-electron chi connectivity index (χ3n) is 3.34. The van der Waals surface area contributed by atoms with Crippen molar-refractivity contribution in [2.75, 3.05) is 0 Å². The molecule has 0 atom stereocenters. The molecule has 0 unspecified atom stereocenters. The van der Waals surface area contributed by atoms with E-state index in [1.54, 1.807) is 29.0 Å². The van der Waals surface area contributed by atoms with E-state index < -0.39 is 0 Å². The zero-order valence-electron chi connectivity index (χ0n) is 11.5. The monoisotopic (exact) mass is 292 g/mol. The minimum Gasteiger partial charge on any atom is -0.343 e. The van der Waals surface area contributed by atoms with Gasteiger partial charge in [0, 0.05) is 12.4 Å². The van der Waals surface area contributed by atoms with E-state index in [0.29, 0.717) is 23.7 Å². The average Bonchev–Trinajstić information content (AvgIpc) is 3.17. The zero-order valence-corrected chi connectivity index (χ0v) is 11.5. The van der Waals surface area contributed by atoms with E-state index >= 15 is 0 Å². The van der Waals surface area contributed by atoms with Crippen molar-refractivity contribution in [1.29, 1.82) is 0 Å². The van der Waals surface area contributed by atoms with Gasteiger partial charge in [0.15, 0.2) is 5.65 Å². The van der Waals surface area contributed by atoms with Gasteiger partial charge in [-0.3, -0.25) is 4.79 Å². The normalized spacial score (nSPS) is 11.1. The number of carbonyl (C=O) groups is 1. The lowest BCUT2D eigenvalue weighted by molar-refractivity contribution is 0.0943. The lowest BCUT2D eigenvalue weighted by Crippen LogP contribution is -2.25. The highest BCUT2D eigenvalue weighted by atomic mass is 16.1. The van der Waals surface area contributed by atoms with Crippen LogP contribution in [0.1, 0.15) is 16.3 Å². The Kier molecular flexibility index (Phi) is 2.82. The molecule has 0 aliphatic heterocycles. The highest BCUT2D eigenvalue weighted by molar-refractivity contribution is 5.92. The summed E-state index contributed by atoms with van der Waals surface area (Å²) in [6, 6.07) is 11.1. The van der Waals surface area contributed by atoms with Gasteiger partial charge in [-0.25, -0.2) is 14.5 Å². The standard InChI is InChI=1S/C15H12N6O/c22-15(12-5-6-14-16-7-8-21(14)20-12)17-9-13-18-10-3-1-2-4-11(10)19-13/h1-8H,9H2,(H,17,22)(H,18,19). The molecule has 108 valence electrons. The van der Waals surface area contributed by atoms with Crippen LogP contribution in [0.3, 0.4) is 0 Å². The third kappa shape index (κ3) is 2.18. The first kappa shape index (κ1) is 12.5. The van der Waals surface area contributed by atoms with Gasteiger partial charge in [-0.2, -0.15) is 5.10 Å². The lowest BCUT2D eigenvalue weighted by atomic mass is 10.3. The van der Waals surface area contributed by atoms with Crippen LogP contribution in [0.25, 0.3) is 16.7 Å². The number of rotatable bonds is 3. The van der Waals surface area contributed by atoms with Gasteiger partial charge < -0.3 is 10.3 Å². The number of amides is 1. The van der Waals surface area contributed by atoms with Gasteiger partial charge in [-0.05, 0) is 24.3 Å². The number of para-hydroxylation sites is 2. The Bertz CT molecular complexity index is 937. The summed E-state index contributed by atoms with van der Waals surface area (Å²) in [6.45, 7) is 0.317. The van der Waals surface area contributed by atoms with Crippen molar-refractivity contribution in [3.8, 4) is 0 Å². The first-order valence-corrected chi connectivity index (χ1v) is 6.82. The van der Waals surface area contributed by atoms with E-state index in [1.165, 1.54) is 0 Å². The molecule has 4 aromatic rings. The fourth-order valence-electron chi connectivity index (χ4n) is 2.28. The van der Waals surface area contributed by atoms with Crippen molar-refractivity contribution in [1.82, 2.24) is 29.9 Å². The third-order valence-corrected chi connectivity index (χ3v) is 3.34. The molecule has 0 fully saturated rings. The van der Waals surface area contributed by atoms with Crippen LogP contribution in [0.15, 0.2) is 48.8 Å². The van der Waals surface area contributed by atoms with E-state index in [9.17, 15) is 4.79 Å². The fourth-order valence-corrected chi connectivity index (χ4v) is 2.28. The molecule has 3 heterocycles. The molecule has 0 spiro atoms. The fraction of sp³-hybridized carbons (Fsp3) is 0.0667. The van der Waals surface area contributed by atoms with Gasteiger partial charge in [0.1, 0.15) is 11.5 Å². The average molecular weight is 292 g/mol. The molecule has 0 saturated heterocycles. The van der Waals surface area contributed by atoms with Crippen LogP contribution >= 0.6 is 0 Å². The van der Waals surface area contributed by atoms with E-state index in [4.69, 9.17) is 0 Å². The Balaban J connectivity index is 1.51. The molecule has 0 saturated carbocycles. The molecule has 2 N–H and O–H groups in total. The summed E-state index contributed by atoms with van der Waals surface area (Å²) in [5.41, 5.74) is 2.87. The second-order valence-corrected chi connectivity index (χ2v) is 4.83. The van der Waals surface area contributed by atoms with Crippen molar-refractivity contribution >= 4 is 22.6 Å². The van der Waals surface area contributed by atoms with Crippen molar-refractivity contribution < 1.29 is 4.79 Å². The van der Waals surface area contributed by atoms with Crippen LogP contribution in [-0.2, 0) is 6.54 Å². The Morgan fingerprint density at radius 3 is 3.05 bits per heavy atom. The smallest absolute Gasteiger partial charge is 0.272 e. The molecule has 4 rings (SSSR count). The minimum absolute atomic E-state index is 0.254. The minimum atomic E-state index is -0.254. The van der Waals surface area contributed by atoms with Crippen molar-refractivity contribution in [3.05, 3.63) is 60.3 Å². The van der Waals surface area contributed by atoms with Crippen molar-refractivity contribution in [2.24, 2.45) is 0 Å². The van der Waals surface area contributed by atoms with Crippen LogP contribution < -0.4 is 5.32 Å². The predicted octanol–water partition coefficient (Wildman–Crippen LogP) is 1.54. The second kappa shape index (κ2) is 4.96. The SMILES string of the molecule is O=C(NCc1nc2ccccc2[nH]1)c1ccc2nccn2n1. The van der Waals surface area contributed by atoms with Crippen molar-refractivity contribution in [2.45, 2.75) is 6.54 Å². The number of nitrogens with zero attached hydrogens (tertiary/aromatic N) is 4. The molecule has 22 heavy (non-hydrogen) atoms. The Hall–Kier alpha value is -3.22. The highest BCUT2D eigenvalue weighted by Gasteiger charge is 2.10. The number of benzene rings is 1. The summed E-state index contributed by atoms with van der Waals surface area (Å²) in [4.78, 5) is 23.8. The Labute approximate surface area is 125 Å². The van der Waals surface area contributed by atoms with Crippen LogP contribution in [0.5, 0.6) is 0 Å². The summed E-state index contributed by atoms with van der Waals surface area (Å²) in [5, 5.41) is 7.01. The van der Waals surface area contributed by atoms with E-state index in [2.05, 4.69) is 25.4 Å². The number of aromatic nitrogens is 5. The predicted molar refractivity (Wildman–Crippen MR) is 80.3 cm³/mol. The maximum atomic E-state index is 12.1. The molecule has 0 aliphatic rings. The molecule has 0 aliphatic carbocycles. The number of fused-ring (bicyclic) bond motifs is 2. The van der Waals surface area contributed by atoms with E-state index in [0.717, 1.165) is 11.0 Å². The Morgan fingerprint density at radius 1 is 1.23 bits per heavy atom. The van der Waals surface area contributed by atoms with Crippen molar-refractivity contribution in [3.63, 3.8) is 0 Å². The molecule has 1 aromatic carbocycles. The molecule has 0 bridgehead atoms. The summed E-state index contributed by atoms with van der Waals surface area (Å²) >= 11 is 0. The number of hydrogen-bond donors (Lipinski definition) is 2. The maximum absolute atomic E-state index is 12.1. The van der Waals surface area contributed by atoms with Gasteiger partial charge in [0.2, 0.25) is 0 Å². The molecular weight excluding hydrogens is 280 g/mol. The van der Waals surface area contributed by atoms with E-state index in [1.807, 2.05) is 24.3 Å². The summed E-state index contributed by atoms with van der Waals surface area (Å²) < 4.78 is 1.57. The summed E-state index contributed by atoms with van der Waals surface area (Å²) in [7, 11) is 0. The van der Waals surface area contributed by atoms with Gasteiger partial charge >= 0.3 is 0 Å². The Morgan fingerprint density at radius 2 is 2.14 bits per heavy atom. The highest BCUT2D eigenvalue weighted by Crippen LogP contribution is 2.10. The molecule has 7 nitrogen and oxygen atoms in total. The summed E-state index contributed by atoms with van der Waals surface area (Å²) in [6.07, 6.45) is 3.34. The summed E-state index contributed by atoms with van der Waals surface area (Å²) in [5.74, 6) is 0.453. The van der Waals surface area contributed by atoms with Gasteiger partial charge in [0.25, 0.3) is 5.91 Å². The molecule has 7 heteroatoms. The molecule has 3 aromatic heterocycles. The number of nitrogens with one attached hydrogen (secondary N) is 2. The first-order chi connectivity index (χ1) is 10.8. The number of aromatic amines is 1.